The van der Waals surface area contributed by atoms with Gasteiger partial charge in [-0.15, -0.1) is 0 Å². The molecule has 116 valence electrons. The van der Waals surface area contributed by atoms with Crippen LogP contribution < -0.4 is 9.64 Å². The predicted molar refractivity (Wildman–Crippen MR) is 77.7 cm³/mol. The summed E-state index contributed by atoms with van der Waals surface area (Å²) in [5.41, 5.74) is 0.319. The van der Waals surface area contributed by atoms with Crippen LogP contribution in [0.4, 0.5) is 5.82 Å². The molecule has 1 aromatic rings. The minimum Gasteiger partial charge on any atom is -0.488 e. The molecular weight excluding hydrogens is 318 g/mol. The Morgan fingerprint density at radius 1 is 1.38 bits per heavy atom. The first-order valence-corrected chi connectivity index (χ1v) is 9.09. The minimum atomic E-state index is -3.24. The number of hydrogen-bond acceptors (Lipinski definition) is 7. The van der Waals surface area contributed by atoms with Crippen LogP contribution in [0, 0.1) is 0 Å². The van der Waals surface area contributed by atoms with Gasteiger partial charge >= 0.3 is 0 Å². The lowest BCUT2D eigenvalue weighted by Gasteiger charge is -2.35. The zero-order valence-electron chi connectivity index (χ0n) is 11.6. The summed E-state index contributed by atoms with van der Waals surface area (Å²) in [6.45, 7) is 2.34. The molecule has 1 fully saturated rings. The third-order valence-electron chi connectivity index (χ3n) is 3.49. The molecular formula is C12H16ClN3O4S. The van der Waals surface area contributed by atoms with Gasteiger partial charge in [-0.25, -0.2) is 13.4 Å². The van der Waals surface area contributed by atoms with Gasteiger partial charge in [0.05, 0.1) is 31.6 Å². The number of halogens is 1. The van der Waals surface area contributed by atoms with Crippen molar-refractivity contribution in [1.29, 1.82) is 0 Å². The molecule has 3 rings (SSSR count). The number of morpholine rings is 1. The largest absolute Gasteiger partial charge is 0.488 e. The summed E-state index contributed by atoms with van der Waals surface area (Å²) in [5, 5.41) is 0.0307. The maximum Gasteiger partial charge on any atom is 0.224 e. The van der Waals surface area contributed by atoms with E-state index in [1.165, 1.54) is 0 Å². The summed E-state index contributed by atoms with van der Waals surface area (Å²) in [4.78, 5) is 10.4. The normalized spacial score (nSPS) is 22.0. The second-order valence-corrected chi connectivity index (χ2v) is 7.70. The molecule has 1 aromatic heterocycles. The number of hydrogen-bond donors (Lipinski definition) is 0. The number of anilines is 1. The van der Waals surface area contributed by atoms with Crippen molar-refractivity contribution in [3.8, 4) is 5.75 Å². The van der Waals surface area contributed by atoms with Crippen molar-refractivity contribution in [2.45, 2.75) is 18.2 Å². The number of aromatic nitrogens is 2. The van der Waals surface area contributed by atoms with Crippen LogP contribution in [0.1, 0.15) is 12.1 Å². The average molecular weight is 334 g/mol. The van der Waals surface area contributed by atoms with Crippen LogP contribution in [0.5, 0.6) is 5.75 Å². The Kier molecular flexibility index (Phi) is 3.94. The van der Waals surface area contributed by atoms with E-state index in [4.69, 9.17) is 21.1 Å². The van der Waals surface area contributed by atoms with Gasteiger partial charge in [-0.2, -0.15) is 4.98 Å². The zero-order chi connectivity index (χ0) is 15.0. The third kappa shape index (κ3) is 3.22. The van der Waals surface area contributed by atoms with E-state index in [0.717, 1.165) is 12.7 Å². The second kappa shape index (κ2) is 5.58. The van der Waals surface area contributed by atoms with E-state index in [1.807, 2.05) is 0 Å². The molecule has 0 spiro atoms. The molecule has 21 heavy (non-hydrogen) atoms. The van der Waals surface area contributed by atoms with E-state index in [2.05, 4.69) is 14.9 Å². The Hall–Kier alpha value is -1.12. The Balaban J connectivity index is 2.08. The van der Waals surface area contributed by atoms with Gasteiger partial charge in [-0.1, -0.05) is 0 Å². The smallest absolute Gasteiger partial charge is 0.224 e. The Labute approximate surface area is 128 Å². The van der Waals surface area contributed by atoms with E-state index in [1.54, 1.807) is 0 Å². The molecule has 0 unspecified atom stereocenters. The summed E-state index contributed by atoms with van der Waals surface area (Å²) in [5.74, 6) is 0.778. The van der Waals surface area contributed by atoms with Gasteiger partial charge < -0.3 is 14.4 Å². The van der Waals surface area contributed by atoms with Gasteiger partial charge in [-0.3, -0.25) is 0 Å². The number of ether oxygens (including phenoxy) is 2. The first kappa shape index (κ1) is 14.8. The van der Waals surface area contributed by atoms with Crippen molar-refractivity contribution in [1.82, 2.24) is 9.97 Å². The molecule has 0 amide bonds. The van der Waals surface area contributed by atoms with Crippen molar-refractivity contribution < 1.29 is 17.9 Å². The van der Waals surface area contributed by atoms with E-state index < -0.39 is 9.84 Å². The predicted octanol–water partition coefficient (Wildman–Crippen LogP) is 0.662. The molecule has 0 aromatic carbocycles. The van der Waals surface area contributed by atoms with E-state index in [9.17, 15) is 8.42 Å². The summed E-state index contributed by atoms with van der Waals surface area (Å²) in [6.07, 6.45) is 1.94. The van der Waals surface area contributed by atoms with Crippen LogP contribution in [-0.4, -0.2) is 57.0 Å². The molecule has 0 bridgehead atoms. The van der Waals surface area contributed by atoms with Gasteiger partial charge in [0.2, 0.25) is 5.28 Å². The standard InChI is InChI=1S/C12H16ClN3O4S/c1-21(17,18)7-9-10-11(15-12(13)14-9)16-3-5-19-6-8(16)2-4-20-10/h8H,2-7H2,1H3/t8-/m1/s1. The highest BCUT2D eigenvalue weighted by Gasteiger charge is 2.32. The zero-order valence-corrected chi connectivity index (χ0v) is 13.2. The van der Waals surface area contributed by atoms with E-state index in [-0.39, 0.29) is 17.1 Å². The highest BCUT2D eigenvalue weighted by atomic mass is 35.5. The first-order valence-electron chi connectivity index (χ1n) is 6.65. The number of sulfone groups is 1. The number of rotatable bonds is 2. The highest BCUT2D eigenvalue weighted by molar-refractivity contribution is 7.89. The number of nitrogens with zero attached hydrogens (tertiary/aromatic N) is 3. The summed E-state index contributed by atoms with van der Waals surface area (Å²) >= 11 is 5.96. The minimum absolute atomic E-state index is 0.0307. The lowest BCUT2D eigenvalue weighted by atomic mass is 10.1. The fraction of sp³-hybridized carbons (Fsp3) is 0.667. The van der Waals surface area contributed by atoms with Crippen molar-refractivity contribution in [2.24, 2.45) is 0 Å². The Morgan fingerprint density at radius 2 is 2.19 bits per heavy atom. The van der Waals surface area contributed by atoms with Gasteiger partial charge in [0.15, 0.2) is 21.4 Å². The molecule has 2 aliphatic heterocycles. The molecule has 1 atom stereocenters. The molecule has 0 radical (unpaired) electrons. The lowest BCUT2D eigenvalue weighted by Crippen LogP contribution is -2.45. The van der Waals surface area contributed by atoms with Crippen molar-refractivity contribution >= 4 is 27.3 Å². The molecule has 7 nitrogen and oxygen atoms in total. The van der Waals surface area contributed by atoms with Gasteiger partial charge in [0.1, 0.15) is 5.69 Å². The molecule has 9 heteroatoms. The SMILES string of the molecule is CS(=O)(=O)Cc1nc(Cl)nc2c1OCC[C@@H]1COCCN21. The molecule has 3 heterocycles. The maximum absolute atomic E-state index is 11.6. The fourth-order valence-electron chi connectivity index (χ4n) is 2.61. The highest BCUT2D eigenvalue weighted by Crippen LogP contribution is 2.36. The molecule has 0 saturated carbocycles. The van der Waals surface area contributed by atoms with E-state index >= 15 is 0 Å². The lowest BCUT2D eigenvalue weighted by molar-refractivity contribution is 0.0894. The first-order chi connectivity index (χ1) is 9.94. The van der Waals surface area contributed by atoms with Crippen molar-refractivity contribution in [3.63, 3.8) is 0 Å². The monoisotopic (exact) mass is 333 g/mol. The summed E-state index contributed by atoms with van der Waals surface area (Å²) in [7, 11) is -3.24. The fourth-order valence-corrected chi connectivity index (χ4v) is 3.49. The molecule has 2 aliphatic rings. The molecule has 0 aliphatic carbocycles. The molecule has 1 saturated heterocycles. The Bertz CT molecular complexity index is 652. The number of fused-ring (bicyclic) bond motifs is 3. The summed E-state index contributed by atoms with van der Waals surface area (Å²) in [6, 6.07) is 0.164. The van der Waals surface area contributed by atoms with Gasteiger partial charge in [-0.05, 0) is 11.6 Å². The van der Waals surface area contributed by atoms with Crippen molar-refractivity contribution in [3.05, 3.63) is 11.0 Å². The second-order valence-electron chi connectivity index (χ2n) is 5.22. The third-order valence-corrected chi connectivity index (χ3v) is 4.45. The maximum atomic E-state index is 11.6. The van der Waals surface area contributed by atoms with Gasteiger partial charge in [0.25, 0.3) is 0 Å². The van der Waals surface area contributed by atoms with Crippen molar-refractivity contribution in [2.75, 3.05) is 37.5 Å². The van der Waals surface area contributed by atoms with Crippen LogP contribution >= 0.6 is 11.6 Å². The average Bonchev–Trinajstić information content (AvgIpc) is 2.57. The van der Waals surface area contributed by atoms with E-state index in [0.29, 0.717) is 43.6 Å². The Morgan fingerprint density at radius 3 is 2.95 bits per heavy atom. The topological polar surface area (TPSA) is 81.6 Å². The van der Waals surface area contributed by atoms with Crippen LogP contribution in [0.25, 0.3) is 0 Å². The van der Waals surface area contributed by atoms with Crippen LogP contribution in [0.3, 0.4) is 0 Å². The molecule has 0 N–H and O–H groups in total. The quantitative estimate of drug-likeness (QED) is 0.735. The van der Waals surface area contributed by atoms with Crippen LogP contribution in [-0.2, 0) is 20.3 Å². The van der Waals surface area contributed by atoms with Crippen LogP contribution in [0.2, 0.25) is 5.28 Å². The van der Waals surface area contributed by atoms with Crippen LogP contribution in [0.15, 0.2) is 0 Å². The van der Waals surface area contributed by atoms with Gasteiger partial charge in [0, 0.05) is 19.2 Å². The summed E-state index contributed by atoms with van der Waals surface area (Å²) < 4.78 is 34.4.